The van der Waals surface area contributed by atoms with Gasteiger partial charge in [-0.15, -0.1) is 11.3 Å². The van der Waals surface area contributed by atoms with Crippen LogP contribution < -0.4 is 0 Å². The van der Waals surface area contributed by atoms with Crippen molar-refractivity contribution >= 4 is 86.8 Å². The van der Waals surface area contributed by atoms with Gasteiger partial charge in [0.15, 0.2) is 23.3 Å². The summed E-state index contributed by atoms with van der Waals surface area (Å²) in [5, 5.41) is 5.96. The van der Waals surface area contributed by atoms with Crippen LogP contribution in [0, 0.1) is 0 Å². The zero-order valence-electron chi connectivity index (χ0n) is 45.8. The van der Waals surface area contributed by atoms with E-state index in [1.54, 1.807) is 11.3 Å². The summed E-state index contributed by atoms with van der Waals surface area (Å²) in [6.07, 6.45) is -0.470. The highest BCUT2D eigenvalue weighted by atomic mass is 32.1. The van der Waals surface area contributed by atoms with Gasteiger partial charge in [-0.05, 0) is 78.3 Å². The number of thiophene rings is 1. The summed E-state index contributed by atoms with van der Waals surface area (Å²) in [6.45, 7) is 0. The lowest BCUT2D eigenvalue weighted by Crippen LogP contribution is -2.35. The number of rotatable bonds is 8. The maximum absolute atomic E-state index is 9.23. The zero-order valence-corrected chi connectivity index (χ0v) is 41.6. The minimum Gasteiger partial charge on any atom is -0.333 e. The molecule has 1 aliphatic rings. The molecule has 10 aromatic carbocycles. The summed E-state index contributed by atoms with van der Waals surface area (Å²) in [5.74, 6) is 2.76. The highest BCUT2D eigenvalue weighted by Gasteiger charge is 2.30. The maximum atomic E-state index is 9.23. The van der Waals surface area contributed by atoms with Crippen LogP contribution in [0.1, 0.15) is 29.7 Å². The Kier molecular flexibility index (Phi) is 9.02. The molecule has 4 aromatic heterocycles. The molecule has 1 unspecified atom stereocenters. The van der Waals surface area contributed by atoms with Gasteiger partial charge in [0, 0.05) is 82.3 Å². The second-order valence-electron chi connectivity index (χ2n) is 18.9. The van der Waals surface area contributed by atoms with Crippen molar-refractivity contribution in [1.29, 1.82) is 0 Å². The van der Waals surface area contributed by atoms with Crippen molar-refractivity contribution < 1.29 is 6.85 Å². The summed E-state index contributed by atoms with van der Waals surface area (Å²) in [7, 11) is 2.03. The van der Waals surface area contributed by atoms with Gasteiger partial charge in [0.05, 0.1) is 34.6 Å². The Hall–Kier alpha value is -9.83. The second-order valence-corrected chi connectivity index (χ2v) is 20.0. The van der Waals surface area contributed by atoms with Gasteiger partial charge in [0.1, 0.15) is 12.0 Å². The van der Waals surface area contributed by atoms with Gasteiger partial charge < -0.3 is 14.0 Å². The molecular weight excluding hydrogens is 949 g/mol. The van der Waals surface area contributed by atoms with E-state index in [0.29, 0.717) is 39.9 Å². The van der Waals surface area contributed by atoms with Crippen LogP contribution in [0.3, 0.4) is 0 Å². The predicted octanol–water partition coefficient (Wildman–Crippen LogP) is 16.3. The fourth-order valence-electron chi connectivity index (χ4n) is 11.1. The van der Waals surface area contributed by atoms with E-state index in [1.165, 1.54) is 14.8 Å². The second kappa shape index (κ2) is 17.7. The van der Waals surface area contributed by atoms with Gasteiger partial charge in [-0.3, -0.25) is 0 Å². The third kappa shape index (κ3) is 7.08. The van der Waals surface area contributed by atoms with Crippen LogP contribution in [0.5, 0.6) is 0 Å². The number of fused-ring (bicyclic) bond motifs is 10. The number of hydrogen-bond donors (Lipinski definition) is 0. The number of benzene rings is 10. The molecule has 1 atom stereocenters. The molecule has 9 heteroatoms. The Labute approximate surface area is 448 Å². The highest BCUT2D eigenvalue weighted by Crippen LogP contribution is 2.44. The van der Waals surface area contributed by atoms with E-state index >= 15 is 0 Å². The first-order chi connectivity index (χ1) is 39.7. The van der Waals surface area contributed by atoms with Gasteiger partial charge in [-0.1, -0.05) is 170 Å². The van der Waals surface area contributed by atoms with Crippen molar-refractivity contribution in [3.63, 3.8) is 0 Å². The molecular formula is C67H44N8S. The first kappa shape index (κ1) is 38.7. The molecule has 0 spiro atoms. The SMILES string of the molecule is [2H]c1c([2H])c([2H])c(-n2c3ccccc3c3c2ccc2c4ccccc4n(-c4ccc(-c5nc(-c6ccccc6)nc(-c6ccc7sc8ccccc8c7c6)n5)cc4C4=NC(c5ccccc5)N(C)C(c5ccccc5)=N4)c23)c([2H])c1[2H]. The smallest absolute Gasteiger partial charge is 0.164 e. The average molecular weight is 998 g/mol. The molecule has 14 aromatic rings. The fraction of sp³-hybridized carbons (Fsp3) is 0.0299. The Balaban J connectivity index is 1.04. The van der Waals surface area contributed by atoms with Gasteiger partial charge in [-0.2, -0.15) is 0 Å². The van der Waals surface area contributed by atoms with E-state index in [2.05, 4.69) is 113 Å². The number of aliphatic imine (C=N–C) groups is 2. The molecule has 0 fully saturated rings. The summed E-state index contributed by atoms with van der Waals surface area (Å²) in [6, 6.07) is 70.0. The Morgan fingerprint density at radius 1 is 0.461 bits per heavy atom. The lowest BCUT2D eigenvalue weighted by molar-refractivity contribution is 0.383. The van der Waals surface area contributed by atoms with Crippen molar-refractivity contribution in [2.24, 2.45) is 9.98 Å². The number of aromatic nitrogens is 5. The molecule has 1 aliphatic heterocycles. The van der Waals surface area contributed by atoms with Crippen LogP contribution >= 0.6 is 11.3 Å². The minimum absolute atomic E-state index is 0.0739. The molecule has 0 saturated carbocycles. The Morgan fingerprint density at radius 3 is 1.80 bits per heavy atom. The van der Waals surface area contributed by atoms with Crippen LogP contribution in [-0.2, 0) is 0 Å². The largest absolute Gasteiger partial charge is 0.333 e. The van der Waals surface area contributed by atoms with E-state index in [1.807, 2.05) is 121 Å². The van der Waals surface area contributed by atoms with Crippen molar-refractivity contribution in [1.82, 2.24) is 29.0 Å². The van der Waals surface area contributed by atoms with Crippen molar-refractivity contribution in [2.75, 3.05) is 7.05 Å². The van der Waals surface area contributed by atoms with E-state index in [0.717, 1.165) is 77.3 Å². The number of para-hydroxylation sites is 3. The first-order valence-corrected chi connectivity index (χ1v) is 25.9. The maximum Gasteiger partial charge on any atom is 0.164 e. The van der Waals surface area contributed by atoms with Crippen LogP contribution in [0.2, 0.25) is 0 Å². The highest BCUT2D eigenvalue weighted by molar-refractivity contribution is 7.25. The summed E-state index contributed by atoms with van der Waals surface area (Å²) in [4.78, 5) is 29.1. The van der Waals surface area contributed by atoms with Crippen molar-refractivity contribution in [2.45, 2.75) is 6.17 Å². The van der Waals surface area contributed by atoms with Gasteiger partial charge in [-0.25, -0.2) is 24.9 Å². The van der Waals surface area contributed by atoms with Gasteiger partial charge >= 0.3 is 0 Å². The monoisotopic (exact) mass is 997 g/mol. The Bertz CT molecular complexity index is 4950. The number of hydrogen-bond acceptors (Lipinski definition) is 7. The molecule has 8 nitrogen and oxygen atoms in total. The van der Waals surface area contributed by atoms with E-state index in [-0.39, 0.29) is 17.8 Å². The number of nitrogens with zero attached hydrogens (tertiary/aromatic N) is 8. The summed E-state index contributed by atoms with van der Waals surface area (Å²) < 4.78 is 51.0. The van der Waals surface area contributed by atoms with Gasteiger partial charge in [0.2, 0.25) is 0 Å². The van der Waals surface area contributed by atoms with Crippen molar-refractivity contribution in [3.8, 4) is 45.5 Å². The molecule has 5 heterocycles. The molecule has 15 rings (SSSR count). The minimum atomic E-state index is -0.470. The molecule has 0 aliphatic carbocycles. The zero-order chi connectivity index (χ0) is 54.6. The molecule has 0 radical (unpaired) electrons. The number of amidine groups is 2. The lowest BCUT2D eigenvalue weighted by atomic mass is 10.0. The molecule has 0 saturated heterocycles. The van der Waals surface area contributed by atoms with Crippen molar-refractivity contribution in [3.05, 3.63) is 259 Å². The molecule has 358 valence electrons. The van der Waals surface area contributed by atoms with E-state index in [4.69, 9.17) is 29.0 Å². The third-order valence-electron chi connectivity index (χ3n) is 14.5. The molecule has 0 bridgehead atoms. The molecule has 0 amide bonds. The van der Waals surface area contributed by atoms with Crippen LogP contribution in [0.25, 0.3) is 109 Å². The third-order valence-corrected chi connectivity index (χ3v) is 15.7. The first-order valence-electron chi connectivity index (χ1n) is 27.6. The van der Waals surface area contributed by atoms with Crippen LogP contribution in [-0.4, -0.2) is 47.7 Å². The molecule has 0 N–H and O–H groups in total. The quantitative estimate of drug-likeness (QED) is 0.152. The van der Waals surface area contributed by atoms with Crippen LogP contribution in [0.4, 0.5) is 0 Å². The predicted molar refractivity (Wildman–Crippen MR) is 314 cm³/mol. The Morgan fingerprint density at radius 2 is 1.05 bits per heavy atom. The van der Waals surface area contributed by atoms with E-state index in [9.17, 15) is 2.74 Å². The summed E-state index contributed by atoms with van der Waals surface area (Å²) >= 11 is 1.77. The van der Waals surface area contributed by atoms with Crippen LogP contribution in [0.15, 0.2) is 253 Å². The lowest BCUT2D eigenvalue weighted by Gasteiger charge is -2.33. The average Bonchev–Trinajstić information content (AvgIpc) is 4.39. The van der Waals surface area contributed by atoms with Gasteiger partial charge in [0.25, 0.3) is 0 Å². The normalized spacial score (nSPS) is 14.8. The fourth-order valence-corrected chi connectivity index (χ4v) is 12.1. The summed E-state index contributed by atoms with van der Waals surface area (Å²) in [5.41, 5.74) is 9.04. The molecule has 76 heavy (non-hydrogen) atoms. The standard InChI is InChI=1S/C67H44N8S/c1-73-66(43-22-8-3-9-23-43)71-65(72-67(73)44-24-10-4-11-25-44)53-41-45(63-68-62(42-20-6-2-7-21-42)69-64(70-63)46-35-39-59-52(40-46)49-29-16-19-33-58(49)76-59)34-37-56(53)75-54-31-17-14-28-48(54)50-36-38-57-60(61(50)75)51-30-15-18-32-55(51)74(57)47-26-12-5-13-27-47/h2-41,66H,1H3/i5D,12D,13D,26D,27D. The van der Waals surface area contributed by atoms with E-state index < -0.39 is 24.3 Å². The topological polar surface area (TPSA) is 76.5 Å².